The average Bonchev–Trinajstić information content (AvgIpc) is 2.38. The van der Waals surface area contributed by atoms with Crippen molar-refractivity contribution in [3.63, 3.8) is 0 Å². The Morgan fingerprint density at radius 3 is 2.06 bits per heavy atom. The first-order chi connectivity index (χ1) is 8.25. The fourth-order valence-electron chi connectivity index (χ4n) is 1.71. The van der Waals surface area contributed by atoms with Gasteiger partial charge in [-0.25, -0.2) is 0 Å². The third kappa shape index (κ3) is 3.14. The number of rotatable bonds is 4. The van der Waals surface area contributed by atoms with Crippen LogP contribution in [0, 0.1) is 10.1 Å². The lowest BCUT2D eigenvalue weighted by Gasteiger charge is -2.02. The highest BCUT2D eigenvalue weighted by atomic mass is 16.6. The zero-order chi connectivity index (χ0) is 12.1. The number of nitro groups is 1. The molecule has 3 nitrogen and oxygen atoms in total. The van der Waals surface area contributed by atoms with E-state index in [-0.39, 0.29) is 11.5 Å². The molecule has 3 heteroatoms. The fraction of sp³-hybridized carbons (Fsp3) is 0.143. The summed E-state index contributed by atoms with van der Waals surface area (Å²) in [5, 5.41) is 10.3. The molecule has 86 valence electrons. The summed E-state index contributed by atoms with van der Waals surface area (Å²) in [7, 11) is 0. The van der Waals surface area contributed by atoms with Crippen LogP contribution in [-0.4, -0.2) is 11.5 Å². The van der Waals surface area contributed by atoms with Crippen molar-refractivity contribution in [2.45, 2.75) is 6.42 Å². The van der Waals surface area contributed by atoms with E-state index in [1.54, 1.807) is 0 Å². The molecule has 0 saturated carbocycles. The number of hydrogen-bond acceptors (Lipinski definition) is 2. The predicted octanol–water partition coefficient (Wildman–Crippen LogP) is 3.17. The molecule has 0 aliphatic rings. The number of benzene rings is 2. The highest BCUT2D eigenvalue weighted by Crippen LogP contribution is 2.19. The zero-order valence-corrected chi connectivity index (χ0v) is 9.37. The van der Waals surface area contributed by atoms with Crippen LogP contribution in [0.1, 0.15) is 5.56 Å². The Morgan fingerprint density at radius 1 is 0.882 bits per heavy atom. The molecule has 2 aromatic carbocycles. The first-order valence-corrected chi connectivity index (χ1v) is 5.52. The Labute approximate surface area is 99.9 Å². The van der Waals surface area contributed by atoms with E-state index in [1.807, 2.05) is 54.6 Å². The summed E-state index contributed by atoms with van der Waals surface area (Å²) in [6.45, 7) is -0.00924. The van der Waals surface area contributed by atoms with Gasteiger partial charge in [-0.15, -0.1) is 0 Å². The van der Waals surface area contributed by atoms with Gasteiger partial charge in [-0.05, 0) is 16.7 Å². The predicted molar refractivity (Wildman–Crippen MR) is 67.4 cm³/mol. The molecular weight excluding hydrogens is 214 g/mol. The lowest BCUT2D eigenvalue weighted by atomic mass is 10.0. The Morgan fingerprint density at radius 2 is 1.47 bits per heavy atom. The highest BCUT2D eigenvalue weighted by Gasteiger charge is 2.01. The summed E-state index contributed by atoms with van der Waals surface area (Å²) in [6.07, 6.45) is 0.488. The molecule has 2 rings (SSSR count). The Bertz CT molecular complexity index is 491. The molecule has 0 saturated heterocycles. The first kappa shape index (κ1) is 11.3. The molecule has 0 bridgehead atoms. The topological polar surface area (TPSA) is 43.1 Å². The van der Waals surface area contributed by atoms with Gasteiger partial charge in [0.05, 0.1) is 0 Å². The van der Waals surface area contributed by atoms with Gasteiger partial charge in [0.1, 0.15) is 0 Å². The van der Waals surface area contributed by atoms with Gasteiger partial charge in [-0.1, -0.05) is 54.6 Å². The fourth-order valence-corrected chi connectivity index (χ4v) is 1.71. The van der Waals surface area contributed by atoms with Crippen LogP contribution in [0.5, 0.6) is 0 Å². The van der Waals surface area contributed by atoms with Crippen LogP contribution in [0.4, 0.5) is 0 Å². The van der Waals surface area contributed by atoms with Crippen molar-refractivity contribution < 1.29 is 4.92 Å². The van der Waals surface area contributed by atoms with Gasteiger partial charge in [0.25, 0.3) is 0 Å². The minimum absolute atomic E-state index is 0.00924. The van der Waals surface area contributed by atoms with Gasteiger partial charge in [0.2, 0.25) is 6.54 Å². The Balaban J connectivity index is 2.11. The maximum Gasteiger partial charge on any atom is 0.207 e. The number of hydrogen-bond donors (Lipinski definition) is 0. The van der Waals surface area contributed by atoms with Gasteiger partial charge >= 0.3 is 0 Å². The smallest absolute Gasteiger partial charge is 0.207 e. The summed E-state index contributed by atoms with van der Waals surface area (Å²) < 4.78 is 0. The summed E-state index contributed by atoms with van der Waals surface area (Å²) in [5.41, 5.74) is 3.30. The summed E-state index contributed by atoms with van der Waals surface area (Å²) in [6, 6.07) is 18.0. The minimum atomic E-state index is -0.287. The molecule has 0 aliphatic heterocycles. The zero-order valence-electron chi connectivity index (χ0n) is 9.37. The Kier molecular flexibility index (Phi) is 3.50. The normalized spacial score (nSPS) is 10.1. The van der Waals surface area contributed by atoms with Gasteiger partial charge in [-0.3, -0.25) is 10.1 Å². The highest BCUT2D eigenvalue weighted by molar-refractivity contribution is 5.63. The van der Waals surface area contributed by atoms with Gasteiger partial charge < -0.3 is 0 Å². The van der Waals surface area contributed by atoms with Crippen molar-refractivity contribution in [1.82, 2.24) is 0 Å². The lowest BCUT2D eigenvalue weighted by molar-refractivity contribution is -0.479. The first-order valence-electron chi connectivity index (χ1n) is 5.52. The van der Waals surface area contributed by atoms with Gasteiger partial charge in [0, 0.05) is 11.3 Å². The van der Waals surface area contributed by atoms with Crippen LogP contribution in [0.15, 0.2) is 54.6 Å². The number of nitrogens with zero attached hydrogens (tertiary/aromatic N) is 1. The summed E-state index contributed by atoms with van der Waals surface area (Å²) in [4.78, 5) is 9.98. The molecule has 0 fully saturated rings. The third-order valence-corrected chi connectivity index (χ3v) is 2.64. The Hall–Kier alpha value is -2.16. The van der Waals surface area contributed by atoms with Crippen molar-refractivity contribution in [3.8, 4) is 11.1 Å². The minimum Gasteiger partial charge on any atom is -0.265 e. The van der Waals surface area contributed by atoms with Crippen molar-refractivity contribution >= 4 is 0 Å². The summed E-state index contributed by atoms with van der Waals surface area (Å²) >= 11 is 0. The summed E-state index contributed by atoms with van der Waals surface area (Å²) in [5.74, 6) is 0. The van der Waals surface area contributed by atoms with E-state index in [1.165, 1.54) is 0 Å². The van der Waals surface area contributed by atoms with E-state index in [0.717, 1.165) is 16.7 Å². The maximum atomic E-state index is 10.3. The second-order valence-corrected chi connectivity index (χ2v) is 3.87. The van der Waals surface area contributed by atoms with Crippen molar-refractivity contribution in [2.24, 2.45) is 0 Å². The van der Waals surface area contributed by atoms with Crippen LogP contribution >= 0.6 is 0 Å². The molecule has 0 aromatic heterocycles. The van der Waals surface area contributed by atoms with Crippen LogP contribution in [0.2, 0.25) is 0 Å². The monoisotopic (exact) mass is 227 g/mol. The third-order valence-electron chi connectivity index (χ3n) is 2.64. The molecule has 0 atom stereocenters. The molecule has 0 heterocycles. The quantitative estimate of drug-likeness (QED) is 0.594. The van der Waals surface area contributed by atoms with Gasteiger partial charge in [0.15, 0.2) is 0 Å². The van der Waals surface area contributed by atoms with Crippen molar-refractivity contribution in [1.29, 1.82) is 0 Å². The molecule has 0 N–H and O–H groups in total. The van der Waals surface area contributed by atoms with Crippen LogP contribution in [-0.2, 0) is 6.42 Å². The molecule has 2 aromatic rings. The SMILES string of the molecule is O=[N+]([O-])CCc1ccc(-c2ccccc2)cc1. The van der Waals surface area contributed by atoms with E-state index in [2.05, 4.69) is 0 Å². The van der Waals surface area contributed by atoms with E-state index < -0.39 is 0 Å². The molecule has 0 unspecified atom stereocenters. The largest absolute Gasteiger partial charge is 0.265 e. The second-order valence-electron chi connectivity index (χ2n) is 3.87. The molecule has 0 amide bonds. The molecule has 0 radical (unpaired) electrons. The van der Waals surface area contributed by atoms with E-state index in [0.29, 0.717) is 6.42 Å². The second kappa shape index (κ2) is 5.25. The molecule has 17 heavy (non-hydrogen) atoms. The molecule has 0 aliphatic carbocycles. The van der Waals surface area contributed by atoms with Crippen LogP contribution in [0.3, 0.4) is 0 Å². The van der Waals surface area contributed by atoms with Crippen molar-refractivity contribution in [2.75, 3.05) is 6.54 Å². The van der Waals surface area contributed by atoms with Crippen molar-refractivity contribution in [3.05, 3.63) is 70.3 Å². The van der Waals surface area contributed by atoms with Crippen LogP contribution in [0.25, 0.3) is 11.1 Å². The standard InChI is InChI=1S/C14H13NO2/c16-15(17)11-10-12-6-8-14(9-7-12)13-4-2-1-3-5-13/h1-9H,10-11H2. The molecular formula is C14H13NO2. The van der Waals surface area contributed by atoms with Gasteiger partial charge in [-0.2, -0.15) is 0 Å². The van der Waals surface area contributed by atoms with E-state index >= 15 is 0 Å². The van der Waals surface area contributed by atoms with E-state index in [4.69, 9.17) is 0 Å². The average molecular weight is 227 g/mol. The van der Waals surface area contributed by atoms with E-state index in [9.17, 15) is 10.1 Å². The maximum absolute atomic E-state index is 10.3. The van der Waals surface area contributed by atoms with Crippen LogP contribution < -0.4 is 0 Å². The lowest BCUT2D eigenvalue weighted by Crippen LogP contribution is -2.03. The molecule has 0 spiro atoms.